The molecule has 54 heavy (non-hydrogen) atoms. The molecule has 4 heterocycles. The van der Waals surface area contributed by atoms with Crippen molar-refractivity contribution in [3.63, 3.8) is 0 Å². The molecule has 0 spiro atoms. The molecular formula is C48H56Cl2N4. The van der Waals surface area contributed by atoms with Gasteiger partial charge in [0, 0.05) is 32.6 Å². The lowest BCUT2D eigenvalue weighted by Crippen LogP contribution is -2.16. The van der Waals surface area contributed by atoms with Crippen molar-refractivity contribution in [3.05, 3.63) is 148 Å². The number of aromatic nitrogens is 2. The van der Waals surface area contributed by atoms with Crippen LogP contribution < -0.4 is 0 Å². The number of aryl methyl sites for hydroxylation is 2. The zero-order valence-electron chi connectivity index (χ0n) is 33.9. The van der Waals surface area contributed by atoms with Gasteiger partial charge in [0.25, 0.3) is 0 Å². The second-order valence-electron chi connectivity index (χ2n) is 14.3. The fourth-order valence-corrected chi connectivity index (χ4v) is 9.27. The molecule has 0 atom stereocenters. The number of allylic oxidation sites excluding steroid dienone is 4. The summed E-state index contributed by atoms with van der Waals surface area (Å²) in [6, 6.07) is 16.6. The molecule has 4 nitrogen and oxygen atoms in total. The first-order valence-electron chi connectivity index (χ1n) is 20.2. The Morgan fingerprint density at radius 1 is 0.444 bits per heavy atom. The first kappa shape index (κ1) is 39.6. The number of benzene rings is 2. The van der Waals surface area contributed by atoms with Crippen molar-refractivity contribution in [2.24, 2.45) is 9.98 Å². The highest BCUT2D eigenvalue weighted by atomic mass is 35.5. The Bertz CT molecular complexity index is 2100. The van der Waals surface area contributed by atoms with Crippen LogP contribution in [0.1, 0.15) is 137 Å². The van der Waals surface area contributed by atoms with E-state index in [9.17, 15) is 0 Å². The van der Waals surface area contributed by atoms with Crippen molar-refractivity contribution in [3.8, 4) is 0 Å². The summed E-state index contributed by atoms with van der Waals surface area (Å²) in [5.41, 5.74) is 24.0. The normalized spacial score (nSPS) is 16.5. The van der Waals surface area contributed by atoms with E-state index in [1.54, 1.807) is 0 Å². The molecule has 0 saturated heterocycles. The summed E-state index contributed by atoms with van der Waals surface area (Å²) in [4.78, 5) is 19.1. The number of H-pyrrole nitrogens is 2. The van der Waals surface area contributed by atoms with Gasteiger partial charge in [0.1, 0.15) is 0 Å². The van der Waals surface area contributed by atoms with E-state index in [1.165, 1.54) is 55.9 Å². The summed E-state index contributed by atoms with van der Waals surface area (Å²) in [6.45, 7) is 22.5. The van der Waals surface area contributed by atoms with Crippen LogP contribution in [0, 0.1) is 13.8 Å². The lowest BCUT2D eigenvalue weighted by atomic mass is 9.88. The van der Waals surface area contributed by atoms with E-state index in [4.69, 9.17) is 33.2 Å². The summed E-state index contributed by atoms with van der Waals surface area (Å²) in [5.74, 6) is 0. The first-order valence-corrected chi connectivity index (χ1v) is 20.9. The maximum Gasteiger partial charge on any atom is 0.0932 e. The van der Waals surface area contributed by atoms with Crippen molar-refractivity contribution in [1.82, 2.24) is 9.97 Å². The van der Waals surface area contributed by atoms with Crippen LogP contribution >= 0.6 is 23.2 Å². The standard InChI is InChI=1S/C48H56Cl2N4/c1-11-33-27(9)51-43(35(33)13-3)41(29-19-23-31(49)24-20-29)45-37(15-5)39(17-7)47(53-45)48-40(18-8)38(16-6)46(54-48)42(30-21-25-32(50)26-22-30)44-36(14-4)34(12-2)28(10)52-44/h19-26,51-52H,11-18H2,1-10H3/b45-41+,46-42+. The fourth-order valence-electron chi connectivity index (χ4n) is 9.02. The maximum absolute atomic E-state index is 6.48. The smallest absolute Gasteiger partial charge is 0.0932 e. The minimum Gasteiger partial charge on any atom is -0.358 e. The molecule has 6 rings (SSSR count). The molecule has 0 amide bonds. The van der Waals surface area contributed by atoms with Gasteiger partial charge in [0.15, 0.2) is 0 Å². The molecular weight excluding hydrogens is 703 g/mol. The monoisotopic (exact) mass is 758 g/mol. The van der Waals surface area contributed by atoms with Crippen molar-refractivity contribution in [2.75, 3.05) is 0 Å². The molecule has 6 heteroatoms. The molecule has 4 aromatic rings. The molecule has 0 unspecified atom stereocenters. The molecule has 282 valence electrons. The Morgan fingerprint density at radius 3 is 1.04 bits per heavy atom. The van der Waals surface area contributed by atoms with E-state index < -0.39 is 0 Å². The number of nitrogens with one attached hydrogen (secondary N) is 2. The number of hydrogen-bond donors (Lipinski definition) is 2. The van der Waals surface area contributed by atoms with Crippen LogP contribution in [0.5, 0.6) is 0 Å². The Labute approximate surface area is 333 Å². The largest absolute Gasteiger partial charge is 0.358 e. The lowest BCUT2D eigenvalue weighted by Gasteiger charge is -2.15. The average molecular weight is 760 g/mol. The number of halogens is 2. The van der Waals surface area contributed by atoms with Gasteiger partial charge < -0.3 is 9.97 Å². The molecule has 2 N–H and O–H groups in total. The number of aromatic amines is 2. The van der Waals surface area contributed by atoms with Crippen LogP contribution in [0.15, 0.2) is 92.2 Å². The molecule has 2 aliphatic heterocycles. The number of aliphatic imine (C=N–C) groups is 2. The lowest BCUT2D eigenvalue weighted by molar-refractivity contribution is 1.03. The summed E-state index contributed by atoms with van der Waals surface area (Å²) < 4.78 is 0. The van der Waals surface area contributed by atoms with Gasteiger partial charge in [-0.05, 0) is 145 Å². The van der Waals surface area contributed by atoms with Crippen LogP contribution in [0.3, 0.4) is 0 Å². The molecule has 0 aliphatic carbocycles. The molecule has 2 aromatic carbocycles. The van der Waals surface area contributed by atoms with Gasteiger partial charge in [-0.1, -0.05) is 103 Å². The van der Waals surface area contributed by atoms with Crippen molar-refractivity contribution < 1.29 is 0 Å². The first-order chi connectivity index (χ1) is 26.1. The molecule has 0 radical (unpaired) electrons. The highest BCUT2D eigenvalue weighted by molar-refractivity contribution is 6.55. The summed E-state index contributed by atoms with van der Waals surface area (Å²) >= 11 is 13.0. The fraction of sp³-hybridized carbons (Fsp3) is 0.375. The van der Waals surface area contributed by atoms with Gasteiger partial charge >= 0.3 is 0 Å². The SMILES string of the molecule is CCC1=C(CC)/C(=C(/c2ccc(Cl)cc2)c2[nH]c(C)c(CC)c2CC)N=C1C1=N/C(=C(\c2ccc(Cl)cc2)c2[nH]c(C)c(CC)c2CC)C(CC)=C1CC. The number of rotatable bonds is 13. The zero-order valence-corrected chi connectivity index (χ0v) is 35.4. The predicted octanol–water partition coefficient (Wildman–Crippen LogP) is 13.9. The average Bonchev–Trinajstić information content (AvgIpc) is 3.91. The van der Waals surface area contributed by atoms with Crippen LogP contribution in [-0.2, 0) is 25.7 Å². The molecule has 2 aromatic heterocycles. The van der Waals surface area contributed by atoms with Gasteiger partial charge in [0.05, 0.1) is 34.2 Å². The minimum atomic E-state index is 0.724. The molecule has 0 bridgehead atoms. The van der Waals surface area contributed by atoms with Crippen molar-refractivity contribution in [2.45, 2.75) is 121 Å². The quantitative estimate of drug-likeness (QED) is 0.136. The topological polar surface area (TPSA) is 56.3 Å². The van der Waals surface area contributed by atoms with E-state index in [0.29, 0.717) is 0 Å². The van der Waals surface area contributed by atoms with Gasteiger partial charge in [-0.15, -0.1) is 0 Å². The Balaban J connectivity index is 1.72. The molecule has 0 saturated carbocycles. The van der Waals surface area contributed by atoms with Gasteiger partial charge in [0.2, 0.25) is 0 Å². The highest BCUT2D eigenvalue weighted by Crippen LogP contribution is 2.45. The molecule has 0 fully saturated rings. The maximum atomic E-state index is 6.48. The number of nitrogens with zero attached hydrogens (tertiary/aromatic N) is 2. The summed E-state index contributed by atoms with van der Waals surface area (Å²) in [5, 5.41) is 1.45. The zero-order chi connectivity index (χ0) is 38.8. The van der Waals surface area contributed by atoms with E-state index in [1.807, 2.05) is 24.3 Å². The minimum absolute atomic E-state index is 0.724. The van der Waals surface area contributed by atoms with E-state index in [0.717, 1.165) is 118 Å². The third kappa shape index (κ3) is 6.86. The summed E-state index contributed by atoms with van der Waals surface area (Å²) in [6.07, 6.45) is 7.28. The summed E-state index contributed by atoms with van der Waals surface area (Å²) in [7, 11) is 0. The predicted molar refractivity (Wildman–Crippen MR) is 234 cm³/mol. The second-order valence-corrected chi connectivity index (χ2v) is 15.2. The van der Waals surface area contributed by atoms with Crippen molar-refractivity contribution >= 4 is 45.8 Å². The van der Waals surface area contributed by atoms with Crippen molar-refractivity contribution in [1.29, 1.82) is 0 Å². The van der Waals surface area contributed by atoms with Gasteiger partial charge in [-0.2, -0.15) is 0 Å². The van der Waals surface area contributed by atoms with E-state index in [-0.39, 0.29) is 0 Å². The second kappa shape index (κ2) is 16.7. The molecule has 2 aliphatic rings. The Hall–Kier alpha value is -4.12. The highest BCUT2D eigenvalue weighted by Gasteiger charge is 2.35. The van der Waals surface area contributed by atoms with E-state index in [2.05, 4.69) is 103 Å². The number of hydrogen-bond acceptors (Lipinski definition) is 2. The van der Waals surface area contributed by atoms with Gasteiger partial charge in [-0.25, -0.2) is 9.98 Å². The third-order valence-corrected chi connectivity index (χ3v) is 12.0. The van der Waals surface area contributed by atoms with Crippen LogP contribution in [0.4, 0.5) is 0 Å². The van der Waals surface area contributed by atoms with Crippen LogP contribution in [-0.4, -0.2) is 21.4 Å². The Morgan fingerprint density at radius 2 is 0.759 bits per heavy atom. The van der Waals surface area contributed by atoms with Crippen LogP contribution in [0.25, 0.3) is 11.1 Å². The third-order valence-electron chi connectivity index (χ3n) is 11.5. The van der Waals surface area contributed by atoms with Crippen LogP contribution in [0.2, 0.25) is 10.0 Å². The van der Waals surface area contributed by atoms with Gasteiger partial charge in [-0.3, -0.25) is 0 Å². The van der Waals surface area contributed by atoms with E-state index >= 15 is 0 Å². The Kier molecular flexibility index (Phi) is 12.2.